The van der Waals surface area contributed by atoms with Gasteiger partial charge in [-0.15, -0.1) is 11.3 Å². The van der Waals surface area contributed by atoms with Crippen LogP contribution in [0.1, 0.15) is 17.8 Å². The van der Waals surface area contributed by atoms with Gasteiger partial charge in [-0.3, -0.25) is 10.1 Å². The van der Waals surface area contributed by atoms with Gasteiger partial charge < -0.3 is 5.11 Å². The summed E-state index contributed by atoms with van der Waals surface area (Å²) in [6.45, 7) is 0.476. The topological polar surface area (TPSA) is 62.2 Å². The maximum absolute atomic E-state index is 10.8. The smallest absolute Gasteiger partial charge is 0.323 e. The minimum atomic E-state index is -0.778. The van der Waals surface area contributed by atoms with Gasteiger partial charge in [0, 0.05) is 6.54 Å². The van der Waals surface area contributed by atoms with Crippen molar-refractivity contribution in [2.75, 3.05) is 0 Å². The number of aromatic nitrogens is 1. The fraction of sp³-hybridized carbons (Fsp3) is 0.500. The number of nitrogens with zero attached hydrogens (tertiary/aromatic N) is 1. The molecule has 0 bridgehead atoms. The quantitative estimate of drug-likeness (QED) is 0.826. The zero-order valence-electron chi connectivity index (χ0n) is 7.29. The van der Waals surface area contributed by atoms with E-state index in [1.165, 1.54) is 11.3 Å². The van der Waals surface area contributed by atoms with E-state index >= 15 is 0 Å². The first-order valence-electron chi connectivity index (χ1n) is 4.21. The van der Waals surface area contributed by atoms with E-state index in [1.54, 1.807) is 6.20 Å². The lowest BCUT2D eigenvalue weighted by Gasteiger charge is -2.09. The average Bonchev–Trinajstić information content (AvgIpc) is 2.82. The third kappa shape index (κ3) is 1.89. The molecule has 1 aromatic heterocycles. The van der Waals surface area contributed by atoms with E-state index in [2.05, 4.69) is 10.3 Å². The number of carbonyl (C=O) groups is 1. The zero-order valence-corrected chi connectivity index (χ0v) is 8.86. The molecule has 0 aliphatic heterocycles. The first-order chi connectivity index (χ1) is 6.62. The molecule has 0 radical (unpaired) electrons. The molecule has 1 aromatic rings. The van der Waals surface area contributed by atoms with Crippen molar-refractivity contribution >= 4 is 28.9 Å². The number of aliphatic carboxylic acids is 1. The molecule has 0 spiro atoms. The summed E-state index contributed by atoms with van der Waals surface area (Å²) in [7, 11) is 0. The summed E-state index contributed by atoms with van der Waals surface area (Å²) >= 11 is 7.07. The molecule has 0 unspecified atom stereocenters. The molecule has 4 nitrogen and oxygen atoms in total. The van der Waals surface area contributed by atoms with Crippen molar-refractivity contribution in [3.8, 4) is 0 Å². The molecule has 0 amide bonds. The number of nitrogens with one attached hydrogen (secondary N) is 1. The second-order valence-electron chi connectivity index (χ2n) is 3.30. The van der Waals surface area contributed by atoms with Gasteiger partial charge in [0.1, 0.15) is 14.9 Å². The number of hydrogen-bond donors (Lipinski definition) is 2. The predicted molar refractivity (Wildman–Crippen MR) is 53.6 cm³/mol. The van der Waals surface area contributed by atoms with Crippen LogP contribution in [0.5, 0.6) is 0 Å². The Balaban J connectivity index is 1.92. The largest absolute Gasteiger partial charge is 0.480 e. The van der Waals surface area contributed by atoms with E-state index in [0.29, 0.717) is 23.7 Å². The standard InChI is InChI=1S/C8H9ClN2O2S/c9-5-3-10-6(14-5)4-11-8(1-2-8)7(12)13/h3,11H,1-2,4H2,(H,12,13). The van der Waals surface area contributed by atoms with Crippen LogP contribution in [0.4, 0.5) is 0 Å². The van der Waals surface area contributed by atoms with Gasteiger partial charge in [-0.25, -0.2) is 4.98 Å². The summed E-state index contributed by atoms with van der Waals surface area (Å²) in [5.74, 6) is -0.778. The highest BCUT2D eigenvalue weighted by Gasteiger charge is 2.49. The van der Waals surface area contributed by atoms with Crippen LogP contribution in [0, 0.1) is 0 Å². The Bertz CT molecular complexity index is 362. The second kappa shape index (κ2) is 3.49. The molecule has 6 heteroatoms. The normalized spacial score (nSPS) is 18.1. The molecule has 2 N–H and O–H groups in total. The van der Waals surface area contributed by atoms with Gasteiger partial charge in [0.25, 0.3) is 0 Å². The van der Waals surface area contributed by atoms with Gasteiger partial charge in [-0.2, -0.15) is 0 Å². The highest BCUT2D eigenvalue weighted by molar-refractivity contribution is 7.15. The molecule has 14 heavy (non-hydrogen) atoms. The molecule has 76 valence electrons. The van der Waals surface area contributed by atoms with Crippen LogP contribution in [0.25, 0.3) is 0 Å². The summed E-state index contributed by atoms with van der Waals surface area (Å²) in [5, 5.41) is 12.7. The van der Waals surface area contributed by atoms with Gasteiger partial charge in [-0.05, 0) is 12.8 Å². The van der Waals surface area contributed by atoms with Crippen molar-refractivity contribution < 1.29 is 9.90 Å². The molecule has 0 aromatic carbocycles. The minimum absolute atomic E-state index is 0.476. The lowest BCUT2D eigenvalue weighted by molar-refractivity contribution is -0.140. The lowest BCUT2D eigenvalue weighted by atomic mass is 10.3. The Hall–Kier alpha value is -0.650. The average molecular weight is 233 g/mol. The van der Waals surface area contributed by atoms with Crippen molar-refractivity contribution in [1.82, 2.24) is 10.3 Å². The predicted octanol–water partition coefficient (Wildman–Crippen LogP) is 1.50. The second-order valence-corrected chi connectivity index (χ2v) is 5.05. The third-order valence-electron chi connectivity index (χ3n) is 2.26. The number of halogens is 1. The first-order valence-corrected chi connectivity index (χ1v) is 5.40. The Labute approximate surface area is 89.9 Å². The molecule has 2 rings (SSSR count). The highest BCUT2D eigenvalue weighted by atomic mass is 35.5. The van der Waals surface area contributed by atoms with Crippen LogP contribution in [0.3, 0.4) is 0 Å². The maximum atomic E-state index is 10.8. The van der Waals surface area contributed by atoms with Gasteiger partial charge in [0.2, 0.25) is 0 Å². The monoisotopic (exact) mass is 232 g/mol. The maximum Gasteiger partial charge on any atom is 0.323 e. The fourth-order valence-electron chi connectivity index (χ4n) is 1.21. The number of carboxylic acids is 1. The summed E-state index contributed by atoms with van der Waals surface area (Å²) in [6.07, 6.45) is 2.96. The summed E-state index contributed by atoms with van der Waals surface area (Å²) < 4.78 is 0.627. The minimum Gasteiger partial charge on any atom is -0.480 e. The molecular weight excluding hydrogens is 224 g/mol. The van der Waals surface area contributed by atoms with Crippen LogP contribution >= 0.6 is 22.9 Å². The molecule has 1 fully saturated rings. The van der Waals surface area contributed by atoms with Crippen molar-refractivity contribution in [1.29, 1.82) is 0 Å². The van der Waals surface area contributed by atoms with Crippen LogP contribution in [-0.2, 0) is 11.3 Å². The Kier molecular flexibility index (Phi) is 2.47. The third-order valence-corrected chi connectivity index (χ3v) is 3.38. The van der Waals surface area contributed by atoms with Gasteiger partial charge >= 0.3 is 5.97 Å². The molecule has 1 aliphatic carbocycles. The van der Waals surface area contributed by atoms with E-state index < -0.39 is 11.5 Å². The number of thiazole rings is 1. The first kappa shape index (κ1) is 9.89. The van der Waals surface area contributed by atoms with Crippen molar-refractivity contribution in [2.24, 2.45) is 0 Å². The number of carboxylic acid groups (broad SMARTS) is 1. The molecule has 0 saturated heterocycles. The van der Waals surface area contributed by atoms with Gasteiger partial charge in [0.05, 0.1) is 6.20 Å². The van der Waals surface area contributed by atoms with E-state index in [1.807, 2.05) is 0 Å². The molecule has 1 aliphatic rings. The van der Waals surface area contributed by atoms with Crippen molar-refractivity contribution in [3.05, 3.63) is 15.5 Å². The zero-order chi connectivity index (χ0) is 10.2. The molecule has 1 saturated carbocycles. The van der Waals surface area contributed by atoms with Gasteiger partial charge in [0.15, 0.2) is 0 Å². The van der Waals surface area contributed by atoms with Crippen molar-refractivity contribution in [3.63, 3.8) is 0 Å². The number of rotatable bonds is 4. The molecular formula is C8H9ClN2O2S. The number of hydrogen-bond acceptors (Lipinski definition) is 4. The molecule has 0 atom stereocenters. The van der Waals surface area contributed by atoms with Gasteiger partial charge in [-0.1, -0.05) is 11.6 Å². The van der Waals surface area contributed by atoms with Crippen LogP contribution in [-0.4, -0.2) is 21.6 Å². The Morgan fingerprint density at radius 2 is 2.50 bits per heavy atom. The van der Waals surface area contributed by atoms with E-state index in [-0.39, 0.29) is 0 Å². The van der Waals surface area contributed by atoms with E-state index in [0.717, 1.165) is 5.01 Å². The SMILES string of the molecule is O=C(O)C1(NCc2ncc(Cl)s2)CC1. The van der Waals surface area contributed by atoms with Crippen LogP contribution < -0.4 is 5.32 Å². The van der Waals surface area contributed by atoms with Crippen LogP contribution in [0.2, 0.25) is 4.34 Å². The van der Waals surface area contributed by atoms with Crippen molar-refractivity contribution in [2.45, 2.75) is 24.9 Å². The molecule has 1 heterocycles. The summed E-state index contributed by atoms with van der Waals surface area (Å²) in [4.78, 5) is 14.8. The highest BCUT2D eigenvalue weighted by Crippen LogP contribution is 2.36. The summed E-state index contributed by atoms with van der Waals surface area (Å²) in [5.41, 5.74) is -0.696. The van der Waals surface area contributed by atoms with Crippen LogP contribution in [0.15, 0.2) is 6.20 Å². The summed E-state index contributed by atoms with van der Waals surface area (Å²) in [6, 6.07) is 0. The Morgan fingerprint density at radius 1 is 1.79 bits per heavy atom. The van der Waals surface area contributed by atoms with E-state index in [4.69, 9.17) is 16.7 Å². The lowest BCUT2D eigenvalue weighted by Crippen LogP contribution is -2.38. The van der Waals surface area contributed by atoms with E-state index in [9.17, 15) is 4.79 Å². The Morgan fingerprint density at radius 3 is 2.93 bits per heavy atom. The fourth-order valence-corrected chi connectivity index (χ4v) is 2.10.